The summed E-state index contributed by atoms with van der Waals surface area (Å²) >= 11 is 0. The van der Waals surface area contributed by atoms with Crippen LogP contribution in [0.4, 0.5) is 0 Å². The number of likely N-dealkylation sites (N-methyl/N-ethyl adjacent to an activating group) is 1. The highest BCUT2D eigenvalue weighted by atomic mass is 16.3. The Morgan fingerprint density at radius 3 is 2.21 bits per heavy atom. The lowest BCUT2D eigenvalue weighted by Gasteiger charge is -2.42. The molecule has 2 aliphatic carbocycles. The van der Waals surface area contributed by atoms with Gasteiger partial charge in [-0.15, -0.1) is 0 Å². The highest BCUT2D eigenvalue weighted by Gasteiger charge is 2.37. The second kappa shape index (κ2) is 6.11. The fourth-order valence-electron chi connectivity index (χ4n) is 4.12. The summed E-state index contributed by atoms with van der Waals surface area (Å²) in [6, 6.07) is 0. The Morgan fingerprint density at radius 2 is 1.68 bits per heavy atom. The van der Waals surface area contributed by atoms with Gasteiger partial charge in [-0.2, -0.15) is 0 Å². The summed E-state index contributed by atoms with van der Waals surface area (Å²) in [5, 5.41) is 10.5. The predicted molar refractivity (Wildman–Crippen MR) is 80.0 cm³/mol. The summed E-state index contributed by atoms with van der Waals surface area (Å²) in [5.74, 6) is 0.865. The van der Waals surface area contributed by atoms with E-state index in [1.807, 2.05) is 0 Å². The van der Waals surface area contributed by atoms with Crippen LogP contribution in [0.2, 0.25) is 0 Å². The monoisotopic (exact) mass is 268 g/mol. The summed E-state index contributed by atoms with van der Waals surface area (Å²) < 4.78 is 0. The molecule has 0 saturated heterocycles. The molecule has 2 fully saturated rings. The van der Waals surface area contributed by atoms with Crippen molar-refractivity contribution in [2.45, 2.75) is 63.9 Å². The van der Waals surface area contributed by atoms with Crippen LogP contribution in [0.3, 0.4) is 0 Å². The first-order chi connectivity index (χ1) is 8.97. The van der Waals surface area contributed by atoms with Crippen molar-refractivity contribution in [3.63, 3.8) is 0 Å². The van der Waals surface area contributed by atoms with Gasteiger partial charge in [-0.1, -0.05) is 32.6 Å². The number of aliphatic hydroxyl groups is 1. The molecule has 19 heavy (non-hydrogen) atoms. The number of hydrogen-bond donors (Lipinski definition) is 2. The summed E-state index contributed by atoms with van der Waals surface area (Å²) in [6.45, 7) is 5.02. The number of nitrogens with zero attached hydrogens (tertiary/aromatic N) is 1. The standard InChI is InChI=1S/C16H32N2O/c1-14-5-9-15(11-17,10-6-14)12-18(2)13-16(19)7-3-4-8-16/h14,19H,3-13,17H2,1-2H3. The highest BCUT2D eigenvalue weighted by molar-refractivity contribution is 4.91. The van der Waals surface area contributed by atoms with Crippen molar-refractivity contribution in [3.8, 4) is 0 Å². The molecule has 0 amide bonds. The first kappa shape index (κ1) is 15.3. The largest absolute Gasteiger partial charge is 0.389 e. The molecule has 2 rings (SSSR count). The molecule has 2 aliphatic rings. The van der Waals surface area contributed by atoms with Crippen molar-refractivity contribution in [1.82, 2.24) is 4.90 Å². The molecule has 0 aliphatic heterocycles. The molecular weight excluding hydrogens is 236 g/mol. The van der Waals surface area contributed by atoms with Gasteiger partial charge in [-0.05, 0) is 50.6 Å². The van der Waals surface area contributed by atoms with Gasteiger partial charge in [0.15, 0.2) is 0 Å². The molecule has 0 bridgehead atoms. The molecule has 0 spiro atoms. The van der Waals surface area contributed by atoms with Gasteiger partial charge in [0.1, 0.15) is 0 Å². The lowest BCUT2D eigenvalue weighted by molar-refractivity contribution is -0.0000377. The number of nitrogens with two attached hydrogens (primary N) is 1. The van der Waals surface area contributed by atoms with E-state index in [0.29, 0.717) is 5.41 Å². The summed E-state index contributed by atoms with van der Waals surface area (Å²) in [4.78, 5) is 2.34. The van der Waals surface area contributed by atoms with Crippen LogP contribution < -0.4 is 5.73 Å². The average Bonchev–Trinajstić information content (AvgIpc) is 2.79. The van der Waals surface area contributed by atoms with Crippen LogP contribution in [0.25, 0.3) is 0 Å². The van der Waals surface area contributed by atoms with E-state index in [9.17, 15) is 5.11 Å². The zero-order valence-corrected chi connectivity index (χ0v) is 12.8. The Bertz CT molecular complexity index is 278. The van der Waals surface area contributed by atoms with Crippen molar-refractivity contribution >= 4 is 0 Å². The maximum atomic E-state index is 10.5. The zero-order chi connectivity index (χ0) is 13.9. The van der Waals surface area contributed by atoms with E-state index < -0.39 is 5.60 Å². The van der Waals surface area contributed by atoms with Gasteiger partial charge >= 0.3 is 0 Å². The lowest BCUT2D eigenvalue weighted by atomic mass is 9.70. The van der Waals surface area contributed by atoms with Gasteiger partial charge in [0.25, 0.3) is 0 Å². The minimum Gasteiger partial charge on any atom is -0.389 e. The normalized spacial score (nSPS) is 34.9. The van der Waals surface area contributed by atoms with Gasteiger partial charge in [-0.3, -0.25) is 0 Å². The van der Waals surface area contributed by atoms with E-state index in [4.69, 9.17) is 5.73 Å². The smallest absolute Gasteiger partial charge is 0.0774 e. The zero-order valence-electron chi connectivity index (χ0n) is 12.8. The Morgan fingerprint density at radius 1 is 1.11 bits per heavy atom. The van der Waals surface area contributed by atoms with Crippen LogP contribution >= 0.6 is 0 Å². The van der Waals surface area contributed by atoms with Crippen LogP contribution in [0.5, 0.6) is 0 Å². The van der Waals surface area contributed by atoms with E-state index in [1.54, 1.807) is 0 Å². The van der Waals surface area contributed by atoms with Crippen molar-refractivity contribution < 1.29 is 5.11 Å². The molecule has 0 aromatic rings. The second-order valence-electron chi connectivity index (χ2n) is 7.49. The Hall–Kier alpha value is -0.120. The molecule has 0 atom stereocenters. The van der Waals surface area contributed by atoms with Crippen LogP contribution in [0.1, 0.15) is 58.3 Å². The van der Waals surface area contributed by atoms with Gasteiger partial charge in [-0.25, -0.2) is 0 Å². The van der Waals surface area contributed by atoms with Crippen LogP contribution in [0.15, 0.2) is 0 Å². The maximum absolute atomic E-state index is 10.5. The molecular formula is C16H32N2O. The van der Waals surface area contributed by atoms with Crippen molar-refractivity contribution in [2.75, 3.05) is 26.7 Å². The van der Waals surface area contributed by atoms with E-state index in [-0.39, 0.29) is 0 Å². The van der Waals surface area contributed by atoms with Gasteiger partial charge in [0.05, 0.1) is 5.60 Å². The third-order valence-corrected chi connectivity index (χ3v) is 5.47. The minimum absolute atomic E-state index is 0.302. The van der Waals surface area contributed by atoms with Crippen molar-refractivity contribution in [2.24, 2.45) is 17.1 Å². The fourth-order valence-corrected chi connectivity index (χ4v) is 4.12. The number of rotatable bonds is 5. The molecule has 3 nitrogen and oxygen atoms in total. The Labute approximate surface area is 118 Å². The van der Waals surface area contributed by atoms with Gasteiger partial charge in [0.2, 0.25) is 0 Å². The quantitative estimate of drug-likeness (QED) is 0.805. The third-order valence-electron chi connectivity index (χ3n) is 5.47. The van der Waals surface area contributed by atoms with Gasteiger partial charge < -0.3 is 15.7 Å². The lowest BCUT2D eigenvalue weighted by Crippen LogP contribution is -2.47. The minimum atomic E-state index is -0.424. The molecule has 0 aromatic heterocycles. The molecule has 3 heteroatoms. The first-order valence-electron chi connectivity index (χ1n) is 8.08. The maximum Gasteiger partial charge on any atom is 0.0774 e. The van der Waals surface area contributed by atoms with Crippen LogP contribution in [-0.4, -0.2) is 42.3 Å². The molecule has 112 valence electrons. The molecule has 3 N–H and O–H groups in total. The molecule has 0 unspecified atom stereocenters. The van der Waals surface area contributed by atoms with E-state index in [0.717, 1.165) is 38.4 Å². The molecule has 0 aromatic carbocycles. The van der Waals surface area contributed by atoms with Gasteiger partial charge in [0, 0.05) is 13.1 Å². The van der Waals surface area contributed by atoms with E-state index in [2.05, 4.69) is 18.9 Å². The second-order valence-corrected chi connectivity index (χ2v) is 7.49. The van der Waals surface area contributed by atoms with E-state index in [1.165, 1.54) is 38.5 Å². The number of hydrogen-bond acceptors (Lipinski definition) is 3. The van der Waals surface area contributed by atoms with Crippen molar-refractivity contribution in [3.05, 3.63) is 0 Å². The predicted octanol–water partition coefficient (Wildman–Crippen LogP) is 2.38. The summed E-state index contributed by atoms with van der Waals surface area (Å²) in [6.07, 6.45) is 9.47. The average molecular weight is 268 g/mol. The Kier molecular flexibility index (Phi) is 4.91. The van der Waals surface area contributed by atoms with Crippen LogP contribution in [-0.2, 0) is 0 Å². The topological polar surface area (TPSA) is 49.5 Å². The summed E-state index contributed by atoms with van der Waals surface area (Å²) in [7, 11) is 2.16. The molecule has 0 radical (unpaired) electrons. The van der Waals surface area contributed by atoms with Crippen molar-refractivity contribution in [1.29, 1.82) is 0 Å². The SMILES string of the molecule is CC1CCC(CN)(CN(C)CC2(O)CCCC2)CC1. The first-order valence-corrected chi connectivity index (χ1v) is 8.08. The highest BCUT2D eigenvalue weighted by Crippen LogP contribution is 2.39. The van der Waals surface area contributed by atoms with E-state index >= 15 is 0 Å². The molecule has 0 heterocycles. The van der Waals surface area contributed by atoms with Crippen LogP contribution in [0, 0.1) is 11.3 Å². The summed E-state index contributed by atoms with van der Waals surface area (Å²) in [5.41, 5.74) is 5.96. The Balaban J connectivity index is 1.87. The fraction of sp³-hybridized carbons (Fsp3) is 1.00. The third kappa shape index (κ3) is 3.93. The molecule has 2 saturated carbocycles.